The molecule has 0 bridgehead atoms. The Morgan fingerprint density at radius 3 is 2.77 bits per heavy atom. The molecule has 0 aromatic rings. The number of nitrogens with zero attached hydrogens (tertiary/aromatic N) is 1. The van der Waals surface area contributed by atoms with E-state index >= 15 is 0 Å². The lowest BCUT2D eigenvalue weighted by molar-refractivity contribution is 0.214. The molecule has 2 rings (SSSR count). The lowest BCUT2D eigenvalue weighted by Gasteiger charge is -2.27. The highest BCUT2D eigenvalue weighted by atomic mass is 35.6. The van der Waals surface area contributed by atoms with Crippen LogP contribution < -0.4 is 0 Å². The molecule has 76 valence electrons. The Morgan fingerprint density at radius 2 is 2.08 bits per heavy atom. The predicted octanol–water partition coefficient (Wildman–Crippen LogP) is 3.23. The number of hydrogen-bond donors (Lipinski definition) is 0. The summed E-state index contributed by atoms with van der Waals surface area (Å²) in [6.07, 6.45) is 4.76. The minimum absolute atomic E-state index is 0.654. The number of rotatable bonds is 2. The van der Waals surface area contributed by atoms with Crippen molar-refractivity contribution in [1.29, 1.82) is 0 Å². The Hall–Kier alpha value is 0.830. The van der Waals surface area contributed by atoms with Gasteiger partial charge in [0.1, 0.15) is 0 Å². The average molecular weight is 243 g/mol. The number of alkyl halides is 3. The van der Waals surface area contributed by atoms with Crippen LogP contribution in [0.2, 0.25) is 0 Å². The van der Waals surface area contributed by atoms with Crippen molar-refractivity contribution >= 4 is 34.8 Å². The van der Waals surface area contributed by atoms with Gasteiger partial charge >= 0.3 is 0 Å². The summed E-state index contributed by atoms with van der Waals surface area (Å²) in [6, 6.07) is 0.820. The zero-order valence-electron chi connectivity index (χ0n) is 7.48. The van der Waals surface area contributed by atoms with Gasteiger partial charge in [-0.3, -0.25) is 4.90 Å². The number of halogens is 3. The van der Waals surface area contributed by atoms with Crippen molar-refractivity contribution in [1.82, 2.24) is 4.90 Å². The summed E-state index contributed by atoms with van der Waals surface area (Å²) in [7, 11) is 0. The van der Waals surface area contributed by atoms with Crippen molar-refractivity contribution in [3.05, 3.63) is 0 Å². The first-order valence-corrected chi connectivity index (χ1v) is 6.00. The molecule has 0 aromatic carbocycles. The summed E-state index contributed by atoms with van der Waals surface area (Å²) < 4.78 is -1.07. The van der Waals surface area contributed by atoms with Crippen molar-refractivity contribution in [2.75, 3.05) is 13.1 Å². The van der Waals surface area contributed by atoms with Gasteiger partial charge in [0.05, 0.1) is 0 Å². The third kappa shape index (κ3) is 2.89. The maximum absolute atomic E-state index is 5.72. The second-order valence-corrected chi connectivity index (χ2v) is 6.62. The first-order chi connectivity index (χ1) is 6.06. The van der Waals surface area contributed by atoms with Gasteiger partial charge in [0.15, 0.2) is 3.79 Å². The Balaban J connectivity index is 1.75. The molecule has 1 saturated carbocycles. The highest BCUT2D eigenvalue weighted by Crippen LogP contribution is 2.43. The first-order valence-electron chi connectivity index (χ1n) is 4.87. The van der Waals surface area contributed by atoms with Crippen molar-refractivity contribution in [3.63, 3.8) is 0 Å². The fraction of sp³-hybridized carbons (Fsp3) is 1.00. The van der Waals surface area contributed by atoms with Crippen LogP contribution in [0.15, 0.2) is 0 Å². The van der Waals surface area contributed by atoms with Crippen LogP contribution in [0.25, 0.3) is 0 Å². The van der Waals surface area contributed by atoms with E-state index in [1.54, 1.807) is 0 Å². The predicted molar refractivity (Wildman–Crippen MR) is 57.6 cm³/mol. The van der Waals surface area contributed by atoms with Gasteiger partial charge < -0.3 is 0 Å². The van der Waals surface area contributed by atoms with E-state index in [2.05, 4.69) is 4.90 Å². The van der Waals surface area contributed by atoms with E-state index in [9.17, 15) is 0 Å². The topological polar surface area (TPSA) is 3.24 Å². The van der Waals surface area contributed by atoms with E-state index in [-0.39, 0.29) is 0 Å². The van der Waals surface area contributed by atoms with Gasteiger partial charge in [-0.2, -0.15) is 0 Å². The Kier molecular flexibility index (Phi) is 3.00. The second-order valence-electron chi connectivity index (χ2n) is 4.11. The molecule has 0 aromatic heterocycles. The van der Waals surface area contributed by atoms with Gasteiger partial charge in [-0.05, 0) is 31.7 Å². The maximum atomic E-state index is 5.72. The summed E-state index contributed by atoms with van der Waals surface area (Å²) in [5.74, 6) is 0.962. The molecule has 4 heteroatoms. The van der Waals surface area contributed by atoms with Gasteiger partial charge in [-0.1, -0.05) is 34.8 Å². The van der Waals surface area contributed by atoms with Crippen molar-refractivity contribution in [2.24, 2.45) is 5.92 Å². The van der Waals surface area contributed by atoms with E-state index in [0.717, 1.165) is 18.5 Å². The molecular formula is C9H14Cl3N. The highest BCUT2D eigenvalue weighted by molar-refractivity contribution is 6.67. The SMILES string of the molecule is ClC(Cl)(Cl)CCN1CCC[C@@H]2C[C@@H]21. The molecule has 0 radical (unpaired) electrons. The van der Waals surface area contributed by atoms with Crippen LogP contribution in [0, 0.1) is 5.92 Å². The second kappa shape index (κ2) is 3.77. The van der Waals surface area contributed by atoms with Gasteiger partial charge in [0.2, 0.25) is 0 Å². The molecular weight excluding hydrogens is 228 g/mol. The number of fused-ring (bicyclic) bond motifs is 1. The standard InChI is InChI=1S/C9H14Cl3N/c10-9(11,12)3-5-13-4-1-2-7-6-8(7)13/h7-8H,1-6H2/t7-,8+/m1/s1. The molecule has 0 spiro atoms. The van der Waals surface area contributed by atoms with Gasteiger partial charge in [0.25, 0.3) is 0 Å². The molecule has 1 aliphatic carbocycles. The van der Waals surface area contributed by atoms with Gasteiger partial charge in [-0.25, -0.2) is 0 Å². The molecule has 1 aliphatic heterocycles. The van der Waals surface area contributed by atoms with Crippen LogP contribution in [0.1, 0.15) is 25.7 Å². The third-order valence-electron chi connectivity index (χ3n) is 3.06. The van der Waals surface area contributed by atoms with Crippen molar-refractivity contribution in [2.45, 2.75) is 35.5 Å². The van der Waals surface area contributed by atoms with Crippen molar-refractivity contribution in [3.8, 4) is 0 Å². The van der Waals surface area contributed by atoms with E-state index in [0.29, 0.717) is 6.42 Å². The fourth-order valence-corrected chi connectivity index (χ4v) is 2.51. The lowest BCUT2D eigenvalue weighted by Crippen LogP contribution is -2.34. The van der Waals surface area contributed by atoms with Gasteiger partial charge in [0, 0.05) is 19.0 Å². The molecule has 2 aliphatic rings. The van der Waals surface area contributed by atoms with E-state index in [1.165, 1.54) is 25.8 Å². The molecule has 1 heterocycles. The van der Waals surface area contributed by atoms with Gasteiger partial charge in [-0.15, -0.1) is 0 Å². The maximum Gasteiger partial charge on any atom is 0.191 e. The van der Waals surface area contributed by atoms with E-state index in [1.807, 2.05) is 0 Å². The quantitative estimate of drug-likeness (QED) is 0.672. The molecule has 2 fully saturated rings. The molecule has 1 nitrogen and oxygen atoms in total. The van der Waals surface area contributed by atoms with Crippen LogP contribution in [-0.4, -0.2) is 27.8 Å². The molecule has 0 unspecified atom stereocenters. The first kappa shape index (κ1) is 10.4. The van der Waals surface area contributed by atoms with Crippen LogP contribution in [0.5, 0.6) is 0 Å². The summed E-state index contributed by atoms with van der Waals surface area (Å²) in [4.78, 5) is 2.48. The zero-order valence-corrected chi connectivity index (χ0v) is 9.75. The summed E-state index contributed by atoms with van der Waals surface area (Å²) >= 11 is 17.2. The molecule has 13 heavy (non-hydrogen) atoms. The molecule has 0 amide bonds. The zero-order chi connectivity index (χ0) is 9.47. The van der Waals surface area contributed by atoms with Crippen LogP contribution in [-0.2, 0) is 0 Å². The van der Waals surface area contributed by atoms with E-state index < -0.39 is 3.79 Å². The molecule has 0 N–H and O–H groups in total. The minimum Gasteiger partial charge on any atom is -0.300 e. The minimum atomic E-state index is -1.07. The largest absolute Gasteiger partial charge is 0.300 e. The number of hydrogen-bond acceptors (Lipinski definition) is 1. The number of piperidine rings is 1. The lowest BCUT2D eigenvalue weighted by atomic mass is 10.1. The fourth-order valence-electron chi connectivity index (χ4n) is 2.26. The van der Waals surface area contributed by atoms with Crippen molar-refractivity contribution < 1.29 is 0 Å². The average Bonchev–Trinajstić information content (AvgIpc) is 2.77. The van der Waals surface area contributed by atoms with Crippen LogP contribution in [0.3, 0.4) is 0 Å². The number of likely N-dealkylation sites (tertiary alicyclic amines) is 1. The third-order valence-corrected chi connectivity index (χ3v) is 3.62. The molecule has 1 saturated heterocycles. The van der Waals surface area contributed by atoms with Crippen LogP contribution in [0.4, 0.5) is 0 Å². The Labute approximate surface area is 94.3 Å². The Morgan fingerprint density at radius 1 is 1.31 bits per heavy atom. The summed E-state index contributed by atoms with van der Waals surface area (Å²) in [6.45, 7) is 2.14. The Bertz CT molecular complexity index is 190. The summed E-state index contributed by atoms with van der Waals surface area (Å²) in [5, 5.41) is 0. The normalized spacial score (nSPS) is 34.4. The molecule has 2 atom stereocenters. The summed E-state index contributed by atoms with van der Waals surface area (Å²) in [5.41, 5.74) is 0. The van der Waals surface area contributed by atoms with E-state index in [4.69, 9.17) is 34.8 Å². The smallest absolute Gasteiger partial charge is 0.191 e. The monoisotopic (exact) mass is 241 g/mol. The van der Waals surface area contributed by atoms with Crippen LogP contribution >= 0.6 is 34.8 Å². The highest BCUT2D eigenvalue weighted by Gasteiger charge is 2.43.